The van der Waals surface area contributed by atoms with Crippen LogP contribution in [0, 0.1) is 12.3 Å². The summed E-state index contributed by atoms with van der Waals surface area (Å²) in [7, 11) is 0. The molecule has 0 aliphatic carbocycles. The van der Waals surface area contributed by atoms with Gasteiger partial charge in [0, 0.05) is 12.4 Å². The maximum absolute atomic E-state index is 11.1. The fraction of sp³-hybridized carbons (Fsp3) is 0.222. The van der Waals surface area contributed by atoms with Gasteiger partial charge in [-0.2, -0.15) is 0 Å². The molecule has 13 heavy (non-hydrogen) atoms. The van der Waals surface area contributed by atoms with E-state index in [-0.39, 0.29) is 12.5 Å². The van der Waals surface area contributed by atoms with Crippen LogP contribution in [-0.4, -0.2) is 23.7 Å². The second-order valence-electron chi connectivity index (χ2n) is 2.43. The van der Waals surface area contributed by atoms with Crippen LogP contribution in [0.4, 0.5) is 0 Å². The highest BCUT2D eigenvalue weighted by Gasteiger charge is 1.98. The fourth-order valence-electron chi connectivity index (χ4n) is 0.841. The normalized spacial score (nSPS) is 9.15. The Morgan fingerprint density at radius 2 is 2.15 bits per heavy atom. The largest absolute Gasteiger partial charge is 0.298 e. The van der Waals surface area contributed by atoms with Crippen LogP contribution in [-0.2, 0) is 4.79 Å². The van der Waals surface area contributed by atoms with Gasteiger partial charge in [-0.05, 0) is 12.1 Å². The standard InChI is InChI=1S/C9H11N3O/c1-2-5-10-8-9(13)11-12-6-3-4-7-12/h1,3-4,6-7,10H,5,8H2,(H,11,13). The van der Waals surface area contributed by atoms with E-state index in [9.17, 15) is 4.79 Å². The van der Waals surface area contributed by atoms with Crippen molar-refractivity contribution in [1.29, 1.82) is 0 Å². The first-order valence-corrected chi connectivity index (χ1v) is 3.90. The lowest BCUT2D eigenvalue weighted by atomic mass is 10.5. The Kier molecular flexibility index (Phi) is 3.61. The number of amides is 1. The number of nitrogens with one attached hydrogen (secondary N) is 2. The molecule has 0 unspecified atom stereocenters. The summed E-state index contributed by atoms with van der Waals surface area (Å²) >= 11 is 0. The Morgan fingerprint density at radius 3 is 2.77 bits per heavy atom. The zero-order valence-electron chi connectivity index (χ0n) is 7.16. The number of terminal acetylenes is 1. The summed E-state index contributed by atoms with van der Waals surface area (Å²) in [6.07, 6.45) is 8.50. The van der Waals surface area contributed by atoms with Crippen molar-refractivity contribution >= 4 is 5.91 Å². The van der Waals surface area contributed by atoms with E-state index in [0.29, 0.717) is 6.54 Å². The number of aromatic nitrogens is 1. The SMILES string of the molecule is C#CCNCC(=O)Nn1cccc1. The quantitative estimate of drug-likeness (QED) is 0.493. The van der Waals surface area contributed by atoms with Crippen LogP contribution >= 0.6 is 0 Å². The Labute approximate surface area is 76.9 Å². The summed E-state index contributed by atoms with van der Waals surface area (Å²) < 4.78 is 1.58. The Morgan fingerprint density at radius 1 is 1.46 bits per heavy atom. The van der Waals surface area contributed by atoms with Gasteiger partial charge in [0.05, 0.1) is 13.1 Å². The summed E-state index contributed by atoms with van der Waals surface area (Å²) in [5, 5.41) is 2.79. The molecule has 0 aromatic carbocycles. The maximum Gasteiger partial charge on any atom is 0.252 e. The van der Waals surface area contributed by atoms with Gasteiger partial charge in [-0.25, -0.2) is 0 Å². The lowest BCUT2D eigenvalue weighted by molar-refractivity contribution is -0.116. The molecule has 0 atom stereocenters. The minimum atomic E-state index is -0.119. The summed E-state index contributed by atoms with van der Waals surface area (Å²) in [6, 6.07) is 3.66. The lowest BCUT2D eigenvalue weighted by Crippen LogP contribution is -2.32. The molecule has 0 saturated carbocycles. The van der Waals surface area contributed by atoms with E-state index in [1.54, 1.807) is 17.1 Å². The molecule has 0 saturated heterocycles. The van der Waals surface area contributed by atoms with Crippen molar-refractivity contribution in [3.05, 3.63) is 24.5 Å². The first-order chi connectivity index (χ1) is 6.33. The van der Waals surface area contributed by atoms with Crippen molar-refractivity contribution in [2.24, 2.45) is 0 Å². The highest BCUT2D eigenvalue weighted by molar-refractivity contribution is 5.85. The first-order valence-electron chi connectivity index (χ1n) is 3.90. The molecule has 0 radical (unpaired) electrons. The van der Waals surface area contributed by atoms with E-state index in [1.165, 1.54) is 0 Å². The number of carbonyl (C=O) groups is 1. The van der Waals surface area contributed by atoms with Crippen LogP contribution in [0.25, 0.3) is 0 Å². The molecule has 1 rings (SSSR count). The molecular formula is C9H11N3O. The second-order valence-corrected chi connectivity index (χ2v) is 2.43. The molecule has 0 bridgehead atoms. The topological polar surface area (TPSA) is 46.1 Å². The van der Waals surface area contributed by atoms with E-state index in [1.807, 2.05) is 12.1 Å². The first kappa shape index (κ1) is 9.36. The van der Waals surface area contributed by atoms with Crippen molar-refractivity contribution in [3.63, 3.8) is 0 Å². The smallest absolute Gasteiger partial charge is 0.252 e. The summed E-state index contributed by atoms with van der Waals surface area (Å²) in [5.41, 5.74) is 2.63. The molecular weight excluding hydrogens is 166 g/mol. The Hall–Kier alpha value is -1.73. The minimum Gasteiger partial charge on any atom is -0.298 e. The predicted octanol–water partition coefficient (Wildman–Crippen LogP) is -0.219. The van der Waals surface area contributed by atoms with E-state index >= 15 is 0 Å². The van der Waals surface area contributed by atoms with Crippen LogP contribution in [0.3, 0.4) is 0 Å². The molecule has 1 aromatic rings. The van der Waals surface area contributed by atoms with Crippen molar-refractivity contribution in [2.45, 2.75) is 0 Å². The third kappa shape index (κ3) is 3.45. The number of carbonyl (C=O) groups excluding carboxylic acids is 1. The molecule has 1 aromatic heterocycles. The van der Waals surface area contributed by atoms with E-state index < -0.39 is 0 Å². The van der Waals surface area contributed by atoms with Gasteiger partial charge in [-0.15, -0.1) is 6.42 Å². The highest BCUT2D eigenvalue weighted by Crippen LogP contribution is 1.84. The molecule has 4 heteroatoms. The number of hydrogen-bond acceptors (Lipinski definition) is 2. The molecule has 0 spiro atoms. The van der Waals surface area contributed by atoms with Gasteiger partial charge < -0.3 is 0 Å². The zero-order valence-corrected chi connectivity index (χ0v) is 7.16. The average molecular weight is 177 g/mol. The average Bonchev–Trinajstić information content (AvgIpc) is 2.57. The van der Waals surface area contributed by atoms with Gasteiger partial charge in [-0.3, -0.25) is 20.2 Å². The third-order valence-corrected chi connectivity index (χ3v) is 1.37. The van der Waals surface area contributed by atoms with Gasteiger partial charge >= 0.3 is 0 Å². The van der Waals surface area contributed by atoms with Gasteiger partial charge in [-0.1, -0.05) is 5.92 Å². The van der Waals surface area contributed by atoms with E-state index in [2.05, 4.69) is 16.7 Å². The number of rotatable bonds is 4. The molecule has 4 nitrogen and oxygen atoms in total. The maximum atomic E-state index is 11.1. The number of nitrogens with zero attached hydrogens (tertiary/aromatic N) is 1. The molecule has 1 heterocycles. The predicted molar refractivity (Wildman–Crippen MR) is 50.5 cm³/mol. The van der Waals surface area contributed by atoms with Gasteiger partial charge in [0.1, 0.15) is 0 Å². The molecule has 2 N–H and O–H groups in total. The molecule has 0 aliphatic rings. The second kappa shape index (κ2) is 5.01. The zero-order chi connectivity index (χ0) is 9.52. The van der Waals surface area contributed by atoms with Crippen LogP contribution in [0.15, 0.2) is 24.5 Å². The summed E-state index contributed by atoms with van der Waals surface area (Å²) in [5.74, 6) is 2.26. The monoisotopic (exact) mass is 177 g/mol. The van der Waals surface area contributed by atoms with Crippen molar-refractivity contribution in [2.75, 3.05) is 18.5 Å². The third-order valence-electron chi connectivity index (χ3n) is 1.37. The van der Waals surface area contributed by atoms with Gasteiger partial charge in [0.25, 0.3) is 5.91 Å². The number of hydrogen-bond donors (Lipinski definition) is 2. The van der Waals surface area contributed by atoms with E-state index in [0.717, 1.165) is 0 Å². The van der Waals surface area contributed by atoms with Crippen molar-refractivity contribution in [1.82, 2.24) is 9.99 Å². The van der Waals surface area contributed by atoms with Crippen LogP contribution < -0.4 is 10.7 Å². The Balaban J connectivity index is 2.23. The van der Waals surface area contributed by atoms with Crippen molar-refractivity contribution < 1.29 is 4.79 Å². The molecule has 1 amide bonds. The van der Waals surface area contributed by atoms with Gasteiger partial charge in [0.2, 0.25) is 0 Å². The van der Waals surface area contributed by atoms with Crippen LogP contribution in [0.2, 0.25) is 0 Å². The summed E-state index contributed by atoms with van der Waals surface area (Å²) in [6.45, 7) is 0.626. The highest BCUT2D eigenvalue weighted by atomic mass is 16.2. The Bertz CT molecular complexity index is 297. The minimum absolute atomic E-state index is 0.119. The van der Waals surface area contributed by atoms with Gasteiger partial charge in [0.15, 0.2) is 0 Å². The molecule has 0 aliphatic heterocycles. The summed E-state index contributed by atoms with van der Waals surface area (Å²) in [4.78, 5) is 11.1. The molecule has 68 valence electrons. The fourth-order valence-corrected chi connectivity index (χ4v) is 0.841. The van der Waals surface area contributed by atoms with Crippen LogP contribution in [0.1, 0.15) is 0 Å². The van der Waals surface area contributed by atoms with Crippen molar-refractivity contribution in [3.8, 4) is 12.3 Å². The molecule has 0 fully saturated rings. The lowest BCUT2D eigenvalue weighted by Gasteiger charge is -2.05. The van der Waals surface area contributed by atoms with Crippen LogP contribution in [0.5, 0.6) is 0 Å². The van der Waals surface area contributed by atoms with E-state index in [4.69, 9.17) is 6.42 Å².